The van der Waals surface area contributed by atoms with Crippen molar-refractivity contribution >= 4 is 29.7 Å². The van der Waals surface area contributed by atoms with Gasteiger partial charge in [-0.1, -0.05) is 12.1 Å². The fourth-order valence-electron chi connectivity index (χ4n) is 6.79. The number of imide groups is 1. The van der Waals surface area contributed by atoms with Crippen molar-refractivity contribution in [3.05, 3.63) is 35.4 Å². The van der Waals surface area contributed by atoms with Crippen LogP contribution in [0.5, 0.6) is 0 Å². The molecule has 48 heavy (non-hydrogen) atoms. The molecule has 4 saturated heterocycles. The number of carbonyl (C=O) groups excluding carboxylic acids is 5. The Kier molecular flexibility index (Phi) is 9.12. The van der Waals surface area contributed by atoms with Crippen LogP contribution in [0.2, 0.25) is 0 Å². The predicted molar refractivity (Wildman–Crippen MR) is 156 cm³/mol. The Hall–Kier alpha value is -3.51. The summed E-state index contributed by atoms with van der Waals surface area (Å²) in [4.78, 5) is 65.1. The van der Waals surface area contributed by atoms with Crippen LogP contribution >= 0.6 is 0 Å². The van der Waals surface area contributed by atoms with Crippen molar-refractivity contribution in [3.63, 3.8) is 0 Å². The standard InChI is InChI=1S/C32H39NO15/c1-14(34)39-12-19-22(41-15(2)35)24(42-16(3)36)21(33-27(37)17-10-8-9-11-18(17)28(33)38)29(43-19)40-13-20-23-25(46-31(4,5)45-23)26-30(44-20)48-32(6,7)47-26/h8-11,19-26,29-30H,12-13H2,1-7H3/t19?,20?,21?,22-,23+,24?,25?,26?,29-,30-/m1/s1. The van der Waals surface area contributed by atoms with Crippen LogP contribution in [0.15, 0.2) is 24.3 Å². The van der Waals surface area contributed by atoms with Gasteiger partial charge in [-0.2, -0.15) is 0 Å². The molecule has 16 nitrogen and oxygen atoms in total. The summed E-state index contributed by atoms with van der Waals surface area (Å²) in [6.07, 6.45) is -9.29. The van der Waals surface area contributed by atoms with E-state index in [-0.39, 0.29) is 17.7 Å². The number of hydrogen-bond donors (Lipinski definition) is 0. The van der Waals surface area contributed by atoms with Gasteiger partial charge < -0.3 is 47.4 Å². The molecular formula is C32H39NO15. The van der Waals surface area contributed by atoms with Gasteiger partial charge in [0.05, 0.1) is 17.7 Å². The summed E-state index contributed by atoms with van der Waals surface area (Å²) in [7, 11) is 0. The SMILES string of the molecule is CC(=O)OCC1O[C@@H](OCC2O[C@@H]3OC(C)(C)OC3C3OC(C)(C)O[C@@H]23)C(N2C(=O)c3ccccc3C2=O)C(OC(C)=O)[C@@H]1OC(C)=O. The molecule has 6 rings (SSSR count). The minimum Gasteiger partial charge on any atom is -0.463 e. The number of carbonyl (C=O) groups is 5. The molecular weight excluding hydrogens is 638 g/mol. The van der Waals surface area contributed by atoms with Crippen molar-refractivity contribution < 1.29 is 71.3 Å². The molecule has 5 heterocycles. The Bertz CT molecular complexity index is 1440. The van der Waals surface area contributed by atoms with Crippen molar-refractivity contribution in [3.8, 4) is 0 Å². The Balaban J connectivity index is 1.35. The molecule has 0 aliphatic carbocycles. The lowest BCUT2D eigenvalue weighted by molar-refractivity contribution is -0.302. The van der Waals surface area contributed by atoms with Crippen LogP contribution in [-0.4, -0.2) is 121 Å². The van der Waals surface area contributed by atoms with Gasteiger partial charge in [0.25, 0.3) is 11.8 Å². The van der Waals surface area contributed by atoms with E-state index in [4.69, 9.17) is 47.4 Å². The molecule has 0 radical (unpaired) electrons. The first-order valence-corrected chi connectivity index (χ1v) is 15.6. The van der Waals surface area contributed by atoms with Crippen LogP contribution in [0.25, 0.3) is 0 Å². The van der Waals surface area contributed by atoms with Crippen LogP contribution < -0.4 is 0 Å². The molecule has 6 unspecified atom stereocenters. The summed E-state index contributed by atoms with van der Waals surface area (Å²) in [6, 6.07) is 4.70. The van der Waals surface area contributed by atoms with Gasteiger partial charge in [-0.05, 0) is 39.8 Å². The fraction of sp³-hybridized carbons (Fsp3) is 0.656. The van der Waals surface area contributed by atoms with Gasteiger partial charge in [-0.15, -0.1) is 0 Å². The van der Waals surface area contributed by atoms with Gasteiger partial charge in [0, 0.05) is 20.8 Å². The fourth-order valence-corrected chi connectivity index (χ4v) is 6.79. The highest BCUT2D eigenvalue weighted by Crippen LogP contribution is 2.44. The van der Waals surface area contributed by atoms with Gasteiger partial charge in [-0.3, -0.25) is 28.9 Å². The lowest BCUT2D eigenvalue weighted by Crippen LogP contribution is -2.68. The Morgan fingerprint density at radius 1 is 0.708 bits per heavy atom. The maximum Gasteiger partial charge on any atom is 0.303 e. The Morgan fingerprint density at radius 3 is 1.88 bits per heavy atom. The van der Waals surface area contributed by atoms with Gasteiger partial charge in [0.2, 0.25) is 0 Å². The predicted octanol–water partition coefficient (Wildman–Crippen LogP) is 1.22. The van der Waals surface area contributed by atoms with E-state index in [1.165, 1.54) is 19.1 Å². The third-order valence-corrected chi connectivity index (χ3v) is 8.47. The zero-order valence-corrected chi connectivity index (χ0v) is 27.6. The number of amides is 2. The summed E-state index contributed by atoms with van der Waals surface area (Å²) in [5.74, 6) is -5.65. The molecule has 0 saturated carbocycles. The highest BCUT2D eigenvalue weighted by Gasteiger charge is 2.62. The summed E-state index contributed by atoms with van der Waals surface area (Å²) in [5.41, 5.74) is 0.219. The van der Waals surface area contributed by atoms with E-state index in [1.54, 1.807) is 39.8 Å². The number of nitrogens with zero attached hydrogens (tertiary/aromatic N) is 1. The van der Waals surface area contributed by atoms with Crippen LogP contribution in [0.4, 0.5) is 0 Å². The van der Waals surface area contributed by atoms with E-state index < -0.39 is 109 Å². The van der Waals surface area contributed by atoms with Crippen molar-refractivity contribution in [1.82, 2.24) is 4.90 Å². The molecule has 262 valence electrons. The molecule has 16 heteroatoms. The maximum absolute atomic E-state index is 13.8. The second-order valence-corrected chi connectivity index (χ2v) is 13.1. The summed E-state index contributed by atoms with van der Waals surface area (Å²) in [5, 5.41) is 0. The Labute approximate surface area is 276 Å². The first kappa shape index (κ1) is 34.4. The second-order valence-electron chi connectivity index (χ2n) is 13.1. The minimum atomic E-state index is -1.52. The number of esters is 3. The van der Waals surface area contributed by atoms with E-state index in [9.17, 15) is 24.0 Å². The number of ether oxygens (including phenoxy) is 10. The summed E-state index contributed by atoms with van der Waals surface area (Å²) in [6.45, 7) is 9.71. The monoisotopic (exact) mass is 677 g/mol. The molecule has 10 atom stereocenters. The van der Waals surface area contributed by atoms with E-state index in [0.717, 1.165) is 18.7 Å². The second kappa shape index (κ2) is 12.7. The zero-order chi connectivity index (χ0) is 34.7. The first-order chi connectivity index (χ1) is 22.5. The van der Waals surface area contributed by atoms with E-state index in [1.807, 2.05) is 0 Å². The highest BCUT2D eigenvalue weighted by atomic mass is 16.9. The van der Waals surface area contributed by atoms with Gasteiger partial charge >= 0.3 is 17.9 Å². The lowest BCUT2D eigenvalue weighted by atomic mass is 9.94. The van der Waals surface area contributed by atoms with E-state index in [2.05, 4.69) is 0 Å². The zero-order valence-electron chi connectivity index (χ0n) is 27.6. The molecule has 0 N–H and O–H groups in total. The van der Waals surface area contributed by atoms with Crippen molar-refractivity contribution in [2.24, 2.45) is 0 Å². The largest absolute Gasteiger partial charge is 0.463 e. The molecule has 1 aromatic rings. The van der Waals surface area contributed by atoms with Crippen LogP contribution in [-0.2, 0) is 61.8 Å². The van der Waals surface area contributed by atoms with Crippen molar-refractivity contribution in [2.45, 2.75) is 121 Å². The molecule has 0 bridgehead atoms. The van der Waals surface area contributed by atoms with E-state index >= 15 is 0 Å². The quantitative estimate of drug-likeness (QED) is 0.217. The number of fused-ring (bicyclic) bond motifs is 4. The van der Waals surface area contributed by atoms with Crippen molar-refractivity contribution in [1.29, 1.82) is 0 Å². The Morgan fingerprint density at radius 2 is 1.27 bits per heavy atom. The molecule has 4 fully saturated rings. The van der Waals surface area contributed by atoms with Crippen molar-refractivity contribution in [2.75, 3.05) is 13.2 Å². The van der Waals surface area contributed by atoms with Crippen LogP contribution in [0.1, 0.15) is 69.2 Å². The molecule has 2 amide bonds. The average molecular weight is 678 g/mol. The van der Waals surface area contributed by atoms with Gasteiger partial charge in [0.1, 0.15) is 43.2 Å². The lowest BCUT2D eigenvalue weighted by Gasteiger charge is -2.47. The summed E-state index contributed by atoms with van der Waals surface area (Å²) >= 11 is 0. The number of rotatable bonds is 8. The minimum absolute atomic E-state index is 0.109. The smallest absolute Gasteiger partial charge is 0.303 e. The highest BCUT2D eigenvalue weighted by molar-refractivity contribution is 6.21. The normalized spacial score (nSPS) is 36.2. The molecule has 0 aromatic heterocycles. The molecule has 1 aromatic carbocycles. The third-order valence-electron chi connectivity index (χ3n) is 8.47. The molecule has 5 aliphatic rings. The maximum atomic E-state index is 13.8. The van der Waals surface area contributed by atoms with E-state index in [0.29, 0.717) is 0 Å². The van der Waals surface area contributed by atoms with Crippen LogP contribution in [0, 0.1) is 0 Å². The molecule has 5 aliphatic heterocycles. The van der Waals surface area contributed by atoms with Gasteiger partial charge in [0.15, 0.2) is 36.4 Å². The van der Waals surface area contributed by atoms with Gasteiger partial charge in [-0.25, -0.2) is 0 Å². The third kappa shape index (κ3) is 6.57. The topological polar surface area (TPSA) is 181 Å². The molecule has 0 spiro atoms. The number of benzene rings is 1. The summed E-state index contributed by atoms with van der Waals surface area (Å²) < 4.78 is 59.7. The first-order valence-electron chi connectivity index (χ1n) is 15.6. The number of hydrogen-bond acceptors (Lipinski definition) is 15. The van der Waals surface area contributed by atoms with Crippen LogP contribution in [0.3, 0.4) is 0 Å². The average Bonchev–Trinajstić information content (AvgIpc) is 3.58.